The number of aromatic nitrogens is 1. The van der Waals surface area contributed by atoms with Crippen molar-refractivity contribution < 1.29 is 4.79 Å². The lowest BCUT2D eigenvalue weighted by molar-refractivity contribution is 0.0941. The summed E-state index contributed by atoms with van der Waals surface area (Å²) in [6.45, 7) is 4.05. The standard InChI is InChI=1S/C14H16N2O/c1-3-10(2)16-14(17)12-6-4-5-11-7-8-15-9-13(11)12/h4-10H,3H2,1-2H3,(H,16,17). The van der Waals surface area contributed by atoms with Crippen LogP contribution < -0.4 is 5.32 Å². The molecule has 0 aliphatic rings. The number of hydrogen-bond acceptors (Lipinski definition) is 2. The van der Waals surface area contributed by atoms with Crippen LogP contribution in [0.5, 0.6) is 0 Å². The highest BCUT2D eigenvalue weighted by Gasteiger charge is 2.11. The molecule has 1 unspecified atom stereocenters. The molecule has 0 aliphatic heterocycles. The Balaban J connectivity index is 2.38. The van der Waals surface area contributed by atoms with Crippen molar-refractivity contribution in [1.29, 1.82) is 0 Å². The maximum atomic E-state index is 12.1. The normalized spacial score (nSPS) is 12.4. The van der Waals surface area contributed by atoms with E-state index >= 15 is 0 Å². The molecule has 0 aliphatic carbocycles. The molecule has 0 saturated carbocycles. The number of amides is 1. The highest BCUT2D eigenvalue weighted by atomic mass is 16.1. The number of hydrogen-bond donors (Lipinski definition) is 1. The van der Waals surface area contributed by atoms with Crippen molar-refractivity contribution in [2.75, 3.05) is 0 Å². The second kappa shape index (κ2) is 4.95. The second-order valence-electron chi connectivity index (χ2n) is 4.19. The van der Waals surface area contributed by atoms with Gasteiger partial charge in [-0.1, -0.05) is 19.1 Å². The van der Waals surface area contributed by atoms with Gasteiger partial charge < -0.3 is 5.32 Å². The summed E-state index contributed by atoms with van der Waals surface area (Å²) >= 11 is 0. The van der Waals surface area contributed by atoms with Crippen molar-refractivity contribution in [2.24, 2.45) is 0 Å². The van der Waals surface area contributed by atoms with Crippen LogP contribution in [-0.4, -0.2) is 16.9 Å². The fourth-order valence-electron chi connectivity index (χ4n) is 1.71. The molecule has 0 bridgehead atoms. The number of fused-ring (bicyclic) bond motifs is 1. The molecule has 3 heteroatoms. The lowest BCUT2D eigenvalue weighted by Gasteiger charge is -2.12. The first-order valence-electron chi connectivity index (χ1n) is 5.86. The van der Waals surface area contributed by atoms with Crippen LogP contribution in [0.25, 0.3) is 10.8 Å². The fourth-order valence-corrected chi connectivity index (χ4v) is 1.71. The highest BCUT2D eigenvalue weighted by Crippen LogP contribution is 2.17. The summed E-state index contributed by atoms with van der Waals surface area (Å²) in [6.07, 6.45) is 4.40. The van der Waals surface area contributed by atoms with Crippen molar-refractivity contribution in [1.82, 2.24) is 10.3 Å². The van der Waals surface area contributed by atoms with Crippen LogP contribution in [0.4, 0.5) is 0 Å². The van der Waals surface area contributed by atoms with Gasteiger partial charge in [0.05, 0.1) is 0 Å². The van der Waals surface area contributed by atoms with E-state index in [-0.39, 0.29) is 11.9 Å². The molecule has 88 valence electrons. The van der Waals surface area contributed by atoms with Gasteiger partial charge in [-0.25, -0.2) is 0 Å². The summed E-state index contributed by atoms with van der Waals surface area (Å²) in [5.41, 5.74) is 0.691. The number of pyridine rings is 1. The summed E-state index contributed by atoms with van der Waals surface area (Å²) in [4.78, 5) is 16.2. The van der Waals surface area contributed by atoms with E-state index in [2.05, 4.69) is 17.2 Å². The zero-order chi connectivity index (χ0) is 12.3. The zero-order valence-corrected chi connectivity index (χ0v) is 10.1. The predicted molar refractivity (Wildman–Crippen MR) is 69.0 cm³/mol. The zero-order valence-electron chi connectivity index (χ0n) is 10.1. The lowest BCUT2D eigenvalue weighted by Crippen LogP contribution is -2.32. The number of nitrogens with one attached hydrogen (secondary N) is 1. The van der Waals surface area contributed by atoms with E-state index in [1.165, 1.54) is 0 Å². The summed E-state index contributed by atoms with van der Waals surface area (Å²) in [5, 5.41) is 4.91. The van der Waals surface area contributed by atoms with Crippen LogP contribution in [-0.2, 0) is 0 Å². The topological polar surface area (TPSA) is 42.0 Å². The van der Waals surface area contributed by atoms with Gasteiger partial charge in [0, 0.05) is 29.4 Å². The molecule has 1 aromatic heterocycles. The third-order valence-electron chi connectivity index (χ3n) is 2.92. The molecule has 0 radical (unpaired) electrons. The first-order chi connectivity index (χ1) is 8.22. The average molecular weight is 228 g/mol. The van der Waals surface area contributed by atoms with Crippen molar-refractivity contribution >= 4 is 16.7 Å². The van der Waals surface area contributed by atoms with E-state index in [0.717, 1.165) is 17.2 Å². The minimum Gasteiger partial charge on any atom is -0.350 e. The maximum Gasteiger partial charge on any atom is 0.252 e. The largest absolute Gasteiger partial charge is 0.350 e. The van der Waals surface area contributed by atoms with Crippen LogP contribution in [0, 0.1) is 0 Å². The minimum absolute atomic E-state index is 0.0297. The summed E-state index contributed by atoms with van der Waals surface area (Å²) in [5.74, 6) is -0.0297. The quantitative estimate of drug-likeness (QED) is 0.877. The Labute approximate surface area is 101 Å². The smallest absolute Gasteiger partial charge is 0.252 e. The van der Waals surface area contributed by atoms with Gasteiger partial charge in [-0.3, -0.25) is 9.78 Å². The third-order valence-corrected chi connectivity index (χ3v) is 2.92. The average Bonchev–Trinajstić information content (AvgIpc) is 2.37. The number of carbonyl (C=O) groups is 1. The number of nitrogens with zero attached hydrogens (tertiary/aromatic N) is 1. The molecule has 1 aromatic carbocycles. The first-order valence-corrected chi connectivity index (χ1v) is 5.86. The molecule has 3 nitrogen and oxygen atoms in total. The third kappa shape index (κ3) is 2.44. The van der Waals surface area contributed by atoms with Gasteiger partial charge in [0.15, 0.2) is 0 Å². The van der Waals surface area contributed by atoms with Crippen molar-refractivity contribution in [3.63, 3.8) is 0 Å². The van der Waals surface area contributed by atoms with E-state index < -0.39 is 0 Å². The molecule has 2 aromatic rings. The van der Waals surface area contributed by atoms with Crippen LogP contribution in [0.1, 0.15) is 30.6 Å². The number of carbonyl (C=O) groups excluding carboxylic acids is 1. The van der Waals surface area contributed by atoms with Crippen molar-refractivity contribution in [3.05, 3.63) is 42.2 Å². The molecule has 2 rings (SSSR count). The van der Waals surface area contributed by atoms with Gasteiger partial charge in [-0.15, -0.1) is 0 Å². The monoisotopic (exact) mass is 228 g/mol. The summed E-state index contributed by atoms with van der Waals surface area (Å²) in [6, 6.07) is 7.82. The van der Waals surface area contributed by atoms with E-state index in [1.54, 1.807) is 12.4 Å². The van der Waals surface area contributed by atoms with E-state index in [4.69, 9.17) is 0 Å². The Morgan fingerprint density at radius 1 is 1.41 bits per heavy atom. The second-order valence-corrected chi connectivity index (χ2v) is 4.19. The Kier molecular flexibility index (Phi) is 3.38. The Morgan fingerprint density at radius 3 is 3.00 bits per heavy atom. The lowest BCUT2D eigenvalue weighted by atomic mass is 10.1. The van der Waals surface area contributed by atoms with E-state index in [1.807, 2.05) is 31.2 Å². The SMILES string of the molecule is CCC(C)NC(=O)c1cccc2ccncc12. The molecule has 0 spiro atoms. The van der Waals surface area contributed by atoms with Gasteiger partial charge in [0.25, 0.3) is 5.91 Å². The Hall–Kier alpha value is -1.90. The molecule has 0 saturated heterocycles. The molecular formula is C14H16N2O. The van der Waals surface area contributed by atoms with Crippen LogP contribution in [0.15, 0.2) is 36.7 Å². The predicted octanol–water partition coefficient (Wildman–Crippen LogP) is 2.76. The van der Waals surface area contributed by atoms with Crippen LogP contribution in [0.2, 0.25) is 0 Å². The molecule has 1 amide bonds. The Morgan fingerprint density at radius 2 is 2.24 bits per heavy atom. The highest BCUT2D eigenvalue weighted by molar-refractivity contribution is 6.06. The molecule has 17 heavy (non-hydrogen) atoms. The molecule has 1 N–H and O–H groups in total. The van der Waals surface area contributed by atoms with Crippen molar-refractivity contribution in [2.45, 2.75) is 26.3 Å². The van der Waals surface area contributed by atoms with Crippen LogP contribution in [0.3, 0.4) is 0 Å². The van der Waals surface area contributed by atoms with Crippen LogP contribution >= 0.6 is 0 Å². The number of benzene rings is 1. The van der Waals surface area contributed by atoms with E-state index in [9.17, 15) is 4.79 Å². The van der Waals surface area contributed by atoms with Gasteiger partial charge >= 0.3 is 0 Å². The van der Waals surface area contributed by atoms with E-state index in [0.29, 0.717) is 5.56 Å². The molecule has 1 atom stereocenters. The van der Waals surface area contributed by atoms with Gasteiger partial charge in [-0.05, 0) is 30.9 Å². The van der Waals surface area contributed by atoms with Gasteiger partial charge in [0.2, 0.25) is 0 Å². The molecule has 1 heterocycles. The fraction of sp³-hybridized carbons (Fsp3) is 0.286. The van der Waals surface area contributed by atoms with Gasteiger partial charge in [-0.2, -0.15) is 0 Å². The number of rotatable bonds is 3. The van der Waals surface area contributed by atoms with Crippen molar-refractivity contribution in [3.8, 4) is 0 Å². The molecule has 0 fully saturated rings. The summed E-state index contributed by atoms with van der Waals surface area (Å²) < 4.78 is 0. The summed E-state index contributed by atoms with van der Waals surface area (Å²) in [7, 11) is 0. The maximum absolute atomic E-state index is 12.1. The molecular weight excluding hydrogens is 212 g/mol. The van der Waals surface area contributed by atoms with Gasteiger partial charge in [0.1, 0.15) is 0 Å². The minimum atomic E-state index is -0.0297. The first kappa shape index (κ1) is 11.6. The Bertz CT molecular complexity index is 531.